The summed E-state index contributed by atoms with van der Waals surface area (Å²) < 4.78 is 0. The monoisotopic (exact) mass is 240 g/mol. The minimum absolute atomic E-state index is 0.680. The third-order valence-electron chi connectivity index (χ3n) is 3.92. The van der Waals surface area contributed by atoms with E-state index in [1.165, 1.54) is 44.9 Å². The van der Waals surface area contributed by atoms with E-state index in [0.717, 1.165) is 18.3 Å². The number of hydrogen-bond donors (Lipinski definition) is 1. The first-order valence-electron chi connectivity index (χ1n) is 7.56. The Balaban J connectivity index is 3.37. The van der Waals surface area contributed by atoms with Crippen LogP contribution in [0.1, 0.15) is 72.1 Å². The topological polar surface area (TPSA) is 12.0 Å². The molecule has 0 amide bonds. The van der Waals surface area contributed by atoms with Crippen molar-refractivity contribution in [2.24, 2.45) is 11.8 Å². The van der Waals surface area contributed by atoms with Crippen LogP contribution in [0, 0.1) is 18.8 Å². The lowest BCUT2D eigenvalue weighted by molar-refractivity contribution is 0.394. The zero-order chi connectivity index (χ0) is 13.1. The molecule has 17 heavy (non-hydrogen) atoms. The first-order valence-corrected chi connectivity index (χ1v) is 7.56. The van der Waals surface area contributed by atoms with Gasteiger partial charge in [0.15, 0.2) is 0 Å². The zero-order valence-corrected chi connectivity index (χ0v) is 12.6. The Kier molecular flexibility index (Phi) is 11.0. The van der Waals surface area contributed by atoms with Gasteiger partial charge in [-0.3, -0.25) is 0 Å². The van der Waals surface area contributed by atoms with Gasteiger partial charge in [0.1, 0.15) is 0 Å². The molecule has 0 aliphatic carbocycles. The largest absolute Gasteiger partial charge is 0.317 e. The fourth-order valence-corrected chi connectivity index (χ4v) is 2.37. The summed E-state index contributed by atoms with van der Waals surface area (Å²) in [6, 6.07) is 0.680. The van der Waals surface area contributed by atoms with Gasteiger partial charge in [-0.2, -0.15) is 0 Å². The molecule has 1 radical (unpaired) electrons. The second-order valence-corrected chi connectivity index (χ2v) is 5.90. The summed E-state index contributed by atoms with van der Waals surface area (Å²) in [5.74, 6) is 1.79. The van der Waals surface area contributed by atoms with Gasteiger partial charge in [-0.1, -0.05) is 65.7 Å². The summed E-state index contributed by atoms with van der Waals surface area (Å²) in [5, 5.41) is 3.30. The van der Waals surface area contributed by atoms with Crippen LogP contribution in [0.3, 0.4) is 0 Å². The van der Waals surface area contributed by atoms with Gasteiger partial charge in [0.05, 0.1) is 0 Å². The molecule has 0 rings (SSSR count). The third kappa shape index (κ3) is 10.8. The van der Waals surface area contributed by atoms with E-state index in [1.807, 2.05) is 0 Å². The van der Waals surface area contributed by atoms with Crippen LogP contribution in [0.15, 0.2) is 0 Å². The van der Waals surface area contributed by atoms with Crippen LogP contribution in [0.5, 0.6) is 0 Å². The minimum Gasteiger partial charge on any atom is -0.317 e. The molecule has 1 nitrogen and oxygen atoms in total. The molecule has 0 aromatic heterocycles. The van der Waals surface area contributed by atoms with Crippen molar-refractivity contribution in [3.8, 4) is 0 Å². The molecule has 0 saturated heterocycles. The number of nitrogens with one attached hydrogen (secondary N) is 1. The van der Waals surface area contributed by atoms with Crippen molar-refractivity contribution < 1.29 is 0 Å². The molecule has 0 aromatic rings. The molecule has 0 aliphatic heterocycles. The van der Waals surface area contributed by atoms with E-state index in [0.29, 0.717) is 6.04 Å². The summed E-state index contributed by atoms with van der Waals surface area (Å²) in [4.78, 5) is 0. The minimum atomic E-state index is 0.680. The Morgan fingerprint density at radius 1 is 0.824 bits per heavy atom. The summed E-state index contributed by atoms with van der Waals surface area (Å²) in [6.45, 7) is 11.0. The van der Waals surface area contributed by atoms with Crippen LogP contribution < -0.4 is 5.32 Å². The standard InChI is InChI=1S/C16H34N/c1-6-9-14(2)10-7-11-15(3)12-8-13-16(4)17-5/h14-17H,1,6-13H2,2-5H3. The Bertz CT molecular complexity index is 156. The van der Waals surface area contributed by atoms with E-state index in [1.54, 1.807) is 0 Å². The lowest BCUT2D eigenvalue weighted by Crippen LogP contribution is -2.20. The van der Waals surface area contributed by atoms with Gasteiger partial charge in [0.25, 0.3) is 0 Å². The zero-order valence-electron chi connectivity index (χ0n) is 12.6. The maximum atomic E-state index is 3.93. The molecular formula is C16H34N. The molecule has 0 spiro atoms. The molecule has 103 valence electrons. The first kappa shape index (κ1) is 17.0. The Labute approximate surface area is 110 Å². The lowest BCUT2D eigenvalue weighted by Gasteiger charge is -2.15. The van der Waals surface area contributed by atoms with E-state index in [9.17, 15) is 0 Å². The fraction of sp³-hybridized carbons (Fsp3) is 0.938. The van der Waals surface area contributed by atoms with Gasteiger partial charge in [0, 0.05) is 6.04 Å². The molecule has 3 atom stereocenters. The molecule has 1 heteroatoms. The quantitative estimate of drug-likeness (QED) is 0.546. The van der Waals surface area contributed by atoms with Gasteiger partial charge >= 0.3 is 0 Å². The maximum absolute atomic E-state index is 3.93. The van der Waals surface area contributed by atoms with Crippen LogP contribution in [0.25, 0.3) is 0 Å². The van der Waals surface area contributed by atoms with Gasteiger partial charge in [0.2, 0.25) is 0 Å². The lowest BCUT2D eigenvalue weighted by atomic mass is 9.93. The molecule has 0 heterocycles. The van der Waals surface area contributed by atoms with E-state index < -0.39 is 0 Å². The Hall–Kier alpha value is -0.0400. The van der Waals surface area contributed by atoms with Gasteiger partial charge in [-0.15, -0.1) is 0 Å². The van der Waals surface area contributed by atoms with Crippen LogP contribution in [0.4, 0.5) is 0 Å². The van der Waals surface area contributed by atoms with Crippen LogP contribution in [0.2, 0.25) is 0 Å². The smallest absolute Gasteiger partial charge is 0.00357 e. The summed E-state index contributed by atoms with van der Waals surface area (Å²) in [6.07, 6.45) is 10.7. The summed E-state index contributed by atoms with van der Waals surface area (Å²) >= 11 is 0. The van der Waals surface area contributed by atoms with Crippen molar-refractivity contribution in [2.45, 2.75) is 78.2 Å². The fourth-order valence-electron chi connectivity index (χ4n) is 2.37. The van der Waals surface area contributed by atoms with Crippen molar-refractivity contribution in [1.82, 2.24) is 5.32 Å². The van der Waals surface area contributed by atoms with Crippen molar-refractivity contribution in [3.63, 3.8) is 0 Å². The van der Waals surface area contributed by atoms with Crippen molar-refractivity contribution >= 4 is 0 Å². The summed E-state index contributed by atoms with van der Waals surface area (Å²) in [5.41, 5.74) is 0. The van der Waals surface area contributed by atoms with Crippen molar-refractivity contribution in [2.75, 3.05) is 7.05 Å². The predicted octanol–water partition coefficient (Wildman–Crippen LogP) is 4.82. The molecule has 0 aliphatic rings. The normalized spacial score (nSPS) is 16.8. The van der Waals surface area contributed by atoms with E-state index in [-0.39, 0.29) is 0 Å². The second kappa shape index (κ2) is 11.1. The molecule has 0 aromatic carbocycles. The van der Waals surface area contributed by atoms with Gasteiger partial charge in [-0.25, -0.2) is 0 Å². The van der Waals surface area contributed by atoms with Gasteiger partial charge < -0.3 is 5.32 Å². The summed E-state index contributed by atoms with van der Waals surface area (Å²) in [7, 11) is 2.05. The molecule has 0 bridgehead atoms. The van der Waals surface area contributed by atoms with Crippen LogP contribution in [-0.4, -0.2) is 13.1 Å². The number of hydrogen-bond acceptors (Lipinski definition) is 1. The molecular weight excluding hydrogens is 206 g/mol. The SMILES string of the molecule is [CH2]CCC(C)CCCC(C)CCCC(C)NC. The Morgan fingerprint density at radius 3 is 1.76 bits per heavy atom. The highest BCUT2D eigenvalue weighted by Gasteiger charge is 2.06. The van der Waals surface area contributed by atoms with Gasteiger partial charge in [-0.05, 0) is 32.2 Å². The van der Waals surface area contributed by atoms with E-state index in [4.69, 9.17) is 0 Å². The third-order valence-corrected chi connectivity index (χ3v) is 3.92. The second-order valence-electron chi connectivity index (χ2n) is 5.90. The predicted molar refractivity (Wildman–Crippen MR) is 79.1 cm³/mol. The highest BCUT2D eigenvalue weighted by molar-refractivity contribution is 4.61. The van der Waals surface area contributed by atoms with Crippen molar-refractivity contribution in [3.05, 3.63) is 6.92 Å². The van der Waals surface area contributed by atoms with Crippen LogP contribution >= 0.6 is 0 Å². The van der Waals surface area contributed by atoms with Crippen molar-refractivity contribution in [1.29, 1.82) is 0 Å². The molecule has 0 saturated carbocycles. The number of rotatable bonds is 11. The highest BCUT2D eigenvalue weighted by atomic mass is 14.8. The average Bonchev–Trinajstić information content (AvgIpc) is 2.29. The first-order chi connectivity index (χ1) is 8.10. The maximum Gasteiger partial charge on any atom is 0.00357 e. The molecule has 1 N–H and O–H groups in total. The molecule has 0 fully saturated rings. The molecule has 3 unspecified atom stereocenters. The van der Waals surface area contributed by atoms with E-state index >= 15 is 0 Å². The highest BCUT2D eigenvalue weighted by Crippen LogP contribution is 2.19. The van der Waals surface area contributed by atoms with Crippen LogP contribution in [-0.2, 0) is 0 Å². The Morgan fingerprint density at radius 2 is 1.29 bits per heavy atom. The average molecular weight is 240 g/mol. The van der Waals surface area contributed by atoms with E-state index in [2.05, 4.69) is 40.1 Å².